The molecule has 1 aromatic rings. The fourth-order valence-corrected chi connectivity index (χ4v) is 2.44. The summed E-state index contributed by atoms with van der Waals surface area (Å²) in [4.78, 5) is 0. The van der Waals surface area contributed by atoms with Gasteiger partial charge in [0.1, 0.15) is 0 Å². The lowest BCUT2D eigenvalue weighted by Gasteiger charge is -2.09. The second kappa shape index (κ2) is 6.97. The van der Waals surface area contributed by atoms with E-state index in [9.17, 15) is 5.11 Å². The van der Waals surface area contributed by atoms with Gasteiger partial charge < -0.3 is 5.11 Å². The van der Waals surface area contributed by atoms with E-state index >= 15 is 0 Å². The summed E-state index contributed by atoms with van der Waals surface area (Å²) < 4.78 is 1.88. The molecule has 0 radical (unpaired) electrons. The van der Waals surface area contributed by atoms with Gasteiger partial charge in [-0.3, -0.25) is 4.68 Å². The molecule has 0 aliphatic heterocycles. The fraction of sp³-hybridized carbons (Fsp3) is 0.750. The molecule has 1 unspecified atom stereocenters. The van der Waals surface area contributed by atoms with Crippen LogP contribution in [0.4, 0.5) is 0 Å². The third kappa shape index (κ3) is 4.18. The largest absolute Gasteiger partial charge is 0.392 e. The van der Waals surface area contributed by atoms with Crippen molar-refractivity contribution in [3.8, 4) is 0 Å². The third-order valence-electron chi connectivity index (χ3n) is 2.49. The molecule has 3 nitrogen and oxygen atoms in total. The van der Waals surface area contributed by atoms with Crippen LogP contribution in [0.25, 0.3) is 0 Å². The summed E-state index contributed by atoms with van der Waals surface area (Å²) in [6, 6.07) is 2.09. The van der Waals surface area contributed by atoms with Crippen LogP contribution in [0, 0.1) is 0 Å². The molecule has 1 aromatic heterocycles. The van der Waals surface area contributed by atoms with Crippen molar-refractivity contribution < 1.29 is 5.11 Å². The SMILES string of the molecule is CCCSCC(O)Cc1cc(CC)nn1C. The number of aromatic nitrogens is 2. The van der Waals surface area contributed by atoms with Gasteiger partial charge in [0.05, 0.1) is 11.8 Å². The normalized spacial score (nSPS) is 13.0. The highest BCUT2D eigenvalue weighted by molar-refractivity contribution is 7.99. The van der Waals surface area contributed by atoms with Crippen molar-refractivity contribution in [3.63, 3.8) is 0 Å². The quantitative estimate of drug-likeness (QED) is 0.744. The highest BCUT2D eigenvalue weighted by Crippen LogP contribution is 2.11. The van der Waals surface area contributed by atoms with Crippen LogP contribution in [0.15, 0.2) is 6.07 Å². The van der Waals surface area contributed by atoms with E-state index < -0.39 is 0 Å². The van der Waals surface area contributed by atoms with Crippen LogP contribution in [-0.2, 0) is 19.9 Å². The first-order valence-electron chi connectivity index (χ1n) is 5.95. The second-order valence-electron chi connectivity index (χ2n) is 4.04. The summed E-state index contributed by atoms with van der Waals surface area (Å²) in [5, 5.41) is 14.3. The van der Waals surface area contributed by atoms with Gasteiger partial charge in [0.2, 0.25) is 0 Å². The molecule has 1 heterocycles. The molecule has 0 fully saturated rings. The van der Waals surface area contributed by atoms with Crippen LogP contribution in [-0.4, -0.2) is 32.5 Å². The lowest BCUT2D eigenvalue weighted by Crippen LogP contribution is -2.16. The van der Waals surface area contributed by atoms with Crippen LogP contribution < -0.4 is 0 Å². The van der Waals surface area contributed by atoms with Crippen LogP contribution in [0.5, 0.6) is 0 Å². The zero-order chi connectivity index (χ0) is 12.0. The number of hydrogen-bond donors (Lipinski definition) is 1. The maximum absolute atomic E-state index is 9.87. The van der Waals surface area contributed by atoms with Gasteiger partial charge >= 0.3 is 0 Å². The molecule has 0 saturated carbocycles. The summed E-state index contributed by atoms with van der Waals surface area (Å²) in [6.45, 7) is 4.26. The van der Waals surface area contributed by atoms with Gasteiger partial charge in [0.25, 0.3) is 0 Å². The lowest BCUT2D eigenvalue weighted by molar-refractivity contribution is 0.197. The Kier molecular flexibility index (Phi) is 5.91. The smallest absolute Gasteiger partial charge is 0.0685 e. The first kappa shape index (κ1) is 13.6. The fourth-order valence-electron chi connectivity index (χ4n) is 1.60. The Bertz CT molecular complexity index is 312. The number of aliphatic hydroxyl groups excluding tert-OH is 1. The van der Waals surface area contributed by atoms with Crippen molar-refractivity contribution >= 4 is 11.8 Å². The monoisotopic (exact) mass is 242 g/mol. The van der Waals surface area contributed by atoms with Crippen molar-refractivity contribution in [2.45, 2.75) is 39.2 Å². The number of thioether (sulfide) groups is 1. The summed E-state index contributed by atoms with van der Waals surface area (Å²) in [7, 11) is 1.94. The van der Waals surface area contributed by atoms with Crippen molar-refractivity contribution in [1.82, 2.24) is 9.78 Å². The molecule has 0 aliphatic rings. The van der Waals surface area contributed by atoms with Gasteiger partial charge in [-0.15, -0.1) is 0 Å². The van der Waals surface area contributed by atoms with Crippen LogP contribution in [0.2, 0.25) is 0 Å². The zero-order valence-corrected chi connectivity index (χ0v) is 11.3. The molecule has 4 heteroatoms. The van der Waals surface area contributed by atoms with Gasteiger partial charge in [-0.2, -0.15) is 16.9 Å². The zero-order valence-electron chi connectivity index (χ0n) is 10.4. The van der Waals surface area contributed by atoms with Crippen molar-refractivity contribution in [3.05, 3.63) is 17.5 Å². The predicted octanol–water partition coefficient (Wildman–Crippen LogP) is 2.03. The molecular formula is C12H22N2OS. The Morgan fingerprint density at radius 1 is 1.50 bits per heavy atom. The first-order valence-corrected chi connectivity index (χ1v) is 7.10. The molecular weight excluding hydrogens is 220 g/mol. The molecule has 0 aliphatic carbocycles. The average Bonchev–Trinajstić information content (AvgIpc) is 2.60. The number of aryl methyl sites for hydroxylation is 2. The molecule has 0 aromatic carbocycles. The van der Waals surface area contributed by atoms with Crippen molar-refractivity contribution in [2.75, 3.05) is 11.5 Å². The minimum atomic E-state index is -0.253. The highest BCUT2D eigenvalue weighted by atomic mass is 32.2. The maximum atomic E-state index is 9.87. The van der Waals surface area contributed by atoms with E-state index in [0.29, 0.717) is 6.42 Å². The van der Waals surface area contributed by atoms with E-state index in [4.69, 9.17) is 0 Å². The predicted molar refractivity (Wildman–Crippen MR) is 69.9 cm³/mol. The van der Waals surface area contributed by atoms with Gasteiger partial charge in [0.15, 0.2) is 0 Å². The number of aliphatic hydroxyl groups is 1. The molecule has 1 atom stereocenters. The Morgan fingerprint density at radius 2 is 2.25 bits per heavy atom. The van der Waals surface area contributed by atoms with E-state index in [0.717, 1.165) is 29.3 Å². The van der Waals surface area contributed by atoms with E-state index in [2.05, 4.69) is 25.0 Å². The lowest BCUT2D eigenvalue weighted by atomic mass is 10.2. The van der Waals surface area contributed by atoms with Crippen molar-refractivity contribution in [1.29, 1.82) is 0 Å². The van der Waals surface area contributed by atoms with E-state index in [1.165, 1.54) is 6.42 Å². The second-order valence-corrected chi connectivity index (χ2v) is 5.19. The Labute approximate surface area is 102 Å². The molecule has 1 N–H and O–H groups in total. The van der Waals surface area contributed by atoms with Gasteiger partial charge in [0, 0.05) is 24.9 Å². The van der Waals surface area contributed by atoms with Crippen LogP contribution in [0.3, 0.4) is 0 Å². The van der Waals surface area contributed by atoms with E-state index in [-0.39, 0.29) is 6.10 Å². The summed E-state index contributed by atoms with van der Waals surface area (Å²) in [5.74, 6) is 1.95. The Morgan fingerprint density at radius 3 is 2.81 bits per heavy atom. The number of nitrogens with zero attached hydrogens (tertiary/aromatic N) is 2. The summed E-state index contributed by atoms with van der Waals surface area (Å²) in [5.41, 5.74) is 2.23. The Hall–Kier alpha value is -0.480. The third-order valence-corrected chi connectivity index (χ3v) is 3.81. The average molecular weight is 242 g/mol. The molecule has 0 saturated heterocycles. The molecule has 0 spiro atoms. The summed E-state index contributed by atoms with van der Waals surface area (Å²) in [6.07, 6.45) is 2.58. The Balaban J connectivity index is 2.42. The van der Waals surface area contributed by atoms with Gasteiger partial charge in [-0.1, -0.05) is 13.8 Å². The van der Waals surface area contributed by atoms with Crippen LogP contribution in [0.1, 0.15) is 31.7 Å². The molecule has 92 valence electrons. The summed E-state index contributed by atoms with van der Waals surface area (Å²) >= 11 is 1.82. The molecule has 1 rings (SSSR count). The minimum absolute atomic E-state index is 0.253. The number of rotatable bonds is 7. The molecule has 16 heavy (non-hydrogen) atoms. The molecule has 0 bridgehead atoms. The molecule has 0 amide bonds. The van der Waals surface area contributed by atoms with E-state index in [1.807, 2.05) is 23.5 Å². The van der Waals surface area contributed by atoms with Gasteiger partial charge in [-0.25, -0.2) is 0 Å². The number of hydrogen-bond acceptors (Lipinski definition) is 3. The van der Waals surface area contributed by atoms with Crippen molar-refractivity contribution in [2.24, 2.45) is 7.05 Å². The van der Waals surface area contributed by atoms with Gasteiger partial charge in [-0.05, 0) is 24.7 Å². The topological polar surface area (TPSA) is 38.1 Å². The minimum Gasteiger partial charge on any atom is -0.392 e. The highest BCUT2D eigenvalue weighted by Gasteiger charge is 2.10. The maximum Gasteiger partial charge on any atom is 0.0685 e. The van der Waals surface area contributed by atoms with E-state index in [1.54, 1.807) is 0 Å². The standard InChI is InChI=1S/C12H22N2OS/c1-4-6-16-9-12(15)8-11-7-10(5-2)13-14(11)3/h7,12,15H,4-6,8-9H2,1-3H3. The first-order chi connectivity index (χ1) is 7.67. The van der Waals surface area contributed by atoms with Crippen LogP contribution >= 0.6 is 11.8 Å².